The van der Waals surface area contributed by atoms with Gasteiger partial charge in [-0.2, -0.15) is 0 Å². The van der Waals surface area contributed by atoms with Crippen LogP contribution in [0.25, 0.3) is 0 Å². The maximum atomic E-state index is 6.65. The van der Waals surface area contributed by atoms with Crippen molar-refractivity contribution in [1.29, 1.82) is 0 Å². The van der Waals surface area contributed by atoms with Crippen LogP contribution < -0.4 is 11.5 Å². The van der Waals surface area contributed by atoms with Crippen molar-refractivity contribution >= 4 is 0 Å². The lowest BCUT2D eigenvalue weighted by molar-refractivity contribution is 0.0488. The van der Waals surface area contributed by atoms with Gasteiger partial charge in [0.2, 0.25) is 0 Å². The van der Waals surface area contributed by atoms with Gasteiger partial charge in [0, 0.05) is 5.54 Å². The fourth-order valence-corrected chi connectivity index (χ4v) is 2.42. The monoisotopic (exact) mass is 214 g/mol. The molecule has 0 unspecified atom stereocenters. The van der Waals surface area contributed by atoms with E-state index in [2.05, 4.69) is 41.5 Å². The largest absolute Gasteiger partial charge is 0.330 e. The molecule has 0 rings (SSSR count). The van der Waals surface area contributed by atoms with Gasteiger partial charge in [-0.3, -0.25) is 0 Å². The molecular weight excluding hydrogens is 184 g/mol. The van der Waals surface area contributed by atoms with Crippen LogP contribution in [0.1, 0.15) is 60.8 Å². The Bertz CT molecular complexity index is 170. The van der Waals surface area contributed by atoms with Gasteiger partial charge in [0.15, 0.2) is 0 Å². The summed E-state index contributed by atoms with van der Waals surface area (Å²) in [5.41, 5.74) is 12.3. The summed E-state index contributed by atoms with van der Waals surface area (Å²) < 4.78 is 0. The fourth-order valence-electron chi connectivity index (χ4n) is 2.42. The molecule has 15 heavy (non-hydrogen) atoms. The van der Waals surface area contributed by atoms with Gasteiger partial charge in [0.25, 0.3) is 0 Å². The molecule has 4 N–H and O–H groups in total. The summed E-state index contributed by atoms with van der Waals surface area (Å²) in [7, 11) is 0. The van der Waals surface area contributed by atoms with E-state index in [1.165, 1.54) is 0 Å². The molecule has 0 aromatic heterocycles. The Balaban J connectivity index is 4.74. The Labute approximate surface area is 95.8 Å². The van der Waals surface area contributed by atoms with Crippen molar-refractivity contribution in [3.8, 4) is 0 Å². The molecule has 0 heterocycles. The van der Waals surface area contributed by atoms with Crippen LogP contribution in [0.2, 0.25) is 0 Å². The summed E-state index contributed by atoms with van der Waals surface area (Å²) in [6.07, 6.45) is 3.25. The zero-order valence-electron chi connectivity index (χ0n) is 11.5. The van der Waals surface area contributed by atoms with Gasteiger partial charge in [0.05, 0.1) is 0 Å². The third-order valence-corrected chi connectivity index (χ3v) is 3.70. The highest BCUT2D eigenvalue weighted by molar-refractivity contribution is 5.03. The van der Waals surface area contributed by atoms with Gasteiger partial charge in [0.1, 0.15) is 0 Å². The molecule has 0 aromatic carbocycles. The Hall–Kier alpha value is -0.0800. The summed E-state index contributed by atoms with van der Waals surface area (Å²) in [6.45, 7) is 14.2. The molecule has 0 atom stereocenters. The van der Waals surface area contributed by atoms with Crippen molar-refractivity contribution in [3.63, 3.8) is 0 Å². The number of rotatable bonds is 4. The predicted octanol–water partition coefficient (Wildman–Crippen LogP) is 2.91. The van der Waals surface area contributed by atoms with E-state index in [-0.39, 0.29) is 16.4 Å². The van der Waals surface area contributed by atoms with Crippen LogP contribution in [-0.2, 0) is 0 Å². The van der Waals surface area contributed by atoms with Crippen molar-refractivity contribution < 1.29 is 0 Å². The Morgan fingerprint density at radius 3 is 1.47 bits per heavy atom. The second-order valence-electron chi connectivity index (χ2n) is 6.72. The minimum absolute atomic E-state index is 0.125. The number of unbranched alkanes of at least 4 members (excludes halogenated alkanes) is 1. The maximum absolute atomic E-state index is 6.65. The van der Waals surface area contributed by atoms with Crippen molar-refractivity contribution in [1.82, 2.24) is 0 Å². The minimum atomic E-state index is -0.130. The molecule has 0 radical (unpaired) electrons. The van der Waals surface area contributed by atoms with Gasteiger partial charge in [-0.1, -0.05) is 48.0 Å². The molecule has 0 bridgehead atoms. The van der Waals surface area contributed by atoms with Gasteiger partial charge >= 0.3 is 0 Å². The van der Waals surface area contributed by atoms with E-state index >= 15 is 0 Å². The van der Waals surface area contributed by atoms with E-state index in [0.717, 1.165) is 25.8 Å². The normalized spacial score (nSPS) is 14.4. The van der Waals surface area contributed by atoms with Crippen molar-refractivity contribution in [3.05, 3.63) is 0 Å². The molecule has 0 aromatic rings. The van der Waals surface area contributed by atoms with E-state index < -0.39 is 0 Å². The highest BCUT2D eigenvalue weighted by Crippen LogP contribution is 2.44. The molecule has 0 saturated carbocycles. The molecule has 0 saturated heterocycles. The third kappa shape index (κ3) is 3.46. The molecule has 0 spiro atoms. The molecule has 92 valence electrons. The average molecular weight is 214 g/mol. The van der Waals surface area contributed by atoms with Crippen LogP contribution >= 0.6 is 0 Å². The zero-order chi connectivity index (χ0) is 12.3. The first-order valence-electron chi connectivity index (χ1n) is 6.05. The summed E-state index contributed by atoms with van der Waals surface area (Å²) in [5, 5.41) is 0. The predicted molar refractivity (Wildman–Crippen MR) is 68.7 cm³/mol. The molecule has 0 aliphatic heterocycles. The summed E-state index contributed by atoms with van der Waals surface area (Å²) in [6, 6.07) is 0. The maximum Gasteiger partial charge on any atom is 0.0252 e. The second kappa shape index (κ2) is 4.84. The molecule has 2 nitrogen and oxygen atoms in total. The third-order valence-electron chi connectivity index (χ3n) is 3.70. The Kier molecular flexibility index (Phi) is 4.81. The van der Waals surface area contributed by atoms with E-state index in [1.54, 1.807) is 0 Å². The molecule has 0 aliphatic rings. The fraction of sp³-hybridized carbons (Fsp3) is 1.00. The standard InChI is InChI=1S/C13H30N2/c1-11(2,3)13(15,12(4,5)6)9-7-8-10-14/h7-10,14-15H2,1-6H3. The Morgan fingerprint density at radius 1 is 0.800 bits per heavy atom. The van der Waals surface area contributed by atoms with E-state index in [4.69, 9.17) is 11.5 Å². The van der Waals surface area contributed by atoms with Crippen LogP contribution in [0.4, 0.5) is 0 Å². The topological polar surface area (TPSA) is 52.0 Å². The smallest absolute Gasteiger partial charge is 0.0252 e. The van der Waals surface area contributed by atoms with Crippen LogP contribution in [0.5, 0.6) is 0 Å². The molecule has 0 aliphatic carbocycles. The highest BCUT2D eigenvalue weighted by atomic mass is 14.8. The van der Waals surface area contributed by atoms with Crippen molar-refractivity contribution in [2.24, 2.45) is 22.3 Å². The SMILES string of the molecule is CC(C)(C)C(N)(CCCCN)C(C)(C)C. The molecular formula is C13H30N2. The summed E-state index contributed by atoms with van der Waals surface area (Å²) in [4.78, 5) is 0. The van der Waals surface area contributed by atoms with Gasteiger partial charge < -0.3 is 11.5 Å². The van der Waals surface area contributed by atoms with Crippen molar-refractivity contribution in [2.45, 2.75) is 66.3 Å². The van der Waals surface area contributed by atoms with E-state index in [0.29, 0.717) is 0 Å². The lowest BCUT2D eigenvalue weighted by atomic mass is 9.58. The van der Waals surface area contributed by atoms with E-state index in [1.807, 2.05) is 0 Å². The first-order valence-corrected chi connectivity index (χ1v) is 6.05. The minimum Gasteiger partial charge on any atom is -0.330 e. The zero-order valence-corrected chi connectivity index (χ0v) is 11.5. The number of nitrogens with two attached hydrogens (primary N) is 2. The molecule has 0 fully saturated rings. The van der Waals surface area contributed by atoms with Crippen LogP contribution in [0, 0.1) is 10.8 Å². The van der Waals surface area contributed by atoms with Gasteiger partial charge in [-0.15, -0.1) is 0 Å². The lowest BCUT2D eigenvalue weighted by Gasteiger charge is -2.51. The quantitative estimate of drug-likeness (QED) is 0.707. The molecule has 0 amide bonds. The van der Waals surface area contributed by atoms with Crippen LogP contribution in [0.15, 0.2) is 0 Å². The number of hydrogen-bond donors (Lipinski definition) is 2. The first kappa shape index (κ1) is 14.9. The van der Waals surface area contributed by atoms with Crippen molar-refractivity contribution in [2.75, 3.05) is 6.54 Å². The number of hydrogen-bond acceptors (Lipinski definition) is 2. The lowest BCUT2D eigenvalue weighted by Crippen LogP contribution is -2.60. The Morgan fingerprint density at radius 2 is 1.20 bits per heavy atom. The van der Waals surface area contributed by atoms with Gasteiger partial charge in [-0.25, -0.2) is 0 Å². The van der Waals surface area contributed by atoms with E-state index in [9.17, 15) is 0 Å². The van der Waals surface area contributed by atoms with Gasteiger partial charge in [-0.05, 0) is 30.2 Å². The average Bonchev–Trinajstić information content (AvgIpc) is 2.00. The van der Waals surface area contributed by atoms with Crippen LogP contribution in [0.3, 0.4) is 0 Å². The summed E-state index contributed by atoms with van der Waals surface area (Å²) >= 11 is 0. The second-order valence-corrected chi connectivity index (χ2v) is 6.72. The first-order chi connectivity index (χ1) is 6.56. The summed E-state index contributed by atoms with van der Waals surface area (Å²) in [5.74, 6) is 0. The van der Waals surface area contributed by atoms with Crippen LogP contribution in [-0.4, -0.2) is 12.1 Å². The highest BCUT2D eigenvalue weighted by Gasteiger charge is 2.46. The molecule has 2 heteroatoms.